The highest BCUT2D eigenvalue weighted by Crippen LogP contribution is 2.13. The molecule has 0 aliphatic carbocycles. The molecule has 5 nitrogen and oxygen atoms in total. The summed E-state index contributed by atoms with van der Waals surface area (Å²) in [6, 6.07) is 1.94. The fourth-order valence-electron chi connectivity index (χ4n) is 2.02. The molecule has 1 aliphatic rings. The van der Waals surface area contributed by atoms with Crippen molar-refractivity contribution < 1.29 is 9.47 Å². The molecule has 1 N–H and O–H groups in total. The zero-order valence-corrected chi connectivity index (χ0v) is 11.1. The van der Waals surface area contributed by atoms with Gasteiger partial charge in [0.25, 0.3) is 0 Å². The van der Waals surface area contributed by atoms with Crippen molar-refractivity contribution in [1.29, 1.82) is 0 Å². The minimum Gasteiger partial charge on any atom is -0.376 e. The second-order valence-electron chi connectivity index (χ2n) is 4.49. The third-order valence-corrected chi connectivity index (χ3v) is 2.82. The molecule has 0 saturated carbocycles. The smallest absolute Gasteiger partial charge is 0.156 e. The van der Waals surface area contributed by atoms with Gasteiger partial charge in [0, 0.05) is 24.9 Å². The molecule has 18 heavy (non-hydrogen) atoms. The lowest BCUT2D eigenvalue weighted by molar-refractivity contribution is 0.00863. The van der Waals surface area contributed by atoms with Gasteiger partial charge in [-0.1, -0.05) is 0 Å². The molecule has 100 valence electrons. The van der Waals surface area contributed by atoms with Crippen LogP contribution in [-0.4, -0.2) is 35.8 Å². The second kappa shape index (κ2) is 6.66. The van der Waals surface area contributed by atoms with Crippen molar-refractivity contribution in [2.45, 2.75) is 39.4 Å². The molecule has 0 radical (unpaired) electrons. The summed E-state index contributed by atoms with van der Waals surface area (Å²) in [6.45, 7) is 6.80. The van der Waals surface area contributed by atoms with Gasteiger partial charge in [0.05, 0.1) is 12.7 Å². The molecule has 0 spiro atoms. The molecule has 1 unspecified atom stereocenters. The number of nitrogens with one attached hydrogen (secondary N) is 1. The maximum Gasteiger partial charge on any atom is 0.156 e. The SMILES string of the molecule is CCNc1cc(C)nc(COCC2CCCO2)n1. The van der Waals surface area contributed by atoms with Crippen molar-refractivity contribution in [3.63, 3.8) is 0 Å². The number of rotatable bonds is 6. The topological polar surface area (TPSA) is 56.3 Å². The van der Waals surface area contributed by atoms with E-state index in [1.54, 1.807) is 0 Å². The number of hydrogen-bond donors (Lipinski definition) is 1. The number of anilines is 1. The van der Waals surface area contributed by atoms with Crippen molar-refractivity contribution >= 4 is 5.82 Å². The Morgan fingerprint density at radius 1 is 1.50 bits per heavy atom. The molecule has 1 fully saturated rings. The maximum atomic E-state index is 5.61. The quantitative estimate of drug-likeness (QED) is 0.837. The van der Waals surface area contributed by atoms with Crippen LogP contribution in [-0.2, 0) is 16.1 Å². The average Bonchev–Trinajstić information content (AvgIpc) is 2.82. The molecular formula is C13H21N3O2. The Kier molecular flexibility index (Phi) is 4.90. The Labute approximate surface area is 108 Å². The zero-order valence-electron chi connectivity index (χ0n) is 11.1. The van der Waals surface area contributed by atoms with Crippen molar-refractivity contribution in [3.05, 3.63) is 17.6 Å². The van der Waals surface area contributed by atoms with Gasteiger partial charge in [-0.3, -0.25) is 0 Å². The number of aromatic nitrogens is 2. The van der Waals surface area contributed by atoms with Crippen LogP contribution < -0.4 is 5.32 Å². The predicted octanol–water partition coefficient (Wildman–Crippen LogP) is 1.91. The molecule has 1 aromatic heterocycles. The molecule has 0 amide bonds. The fraction of sp³-hybridized carbons (Fsp3) is 0.692. The van der Waals surface area contributed by atoms with Crippen molar-refractivity contribution in [2.24, 2.45) is 0 Å². The summed E-state index contributed by atoms with van der Waals surface area (Å²) >= 11 is 0. The summed E-state index contributed by atoms with van der Waals surface area (Å²) in [7, 11) is 0. The standard InChI is InChI=1S/C13H21N3O2/c1-3-14-12-7-10(2)15-13(16-12)9-17-8-11-5-4-6-18-11/h7,11H,3-6,8-9H2,1-2H3,(H,14,15,16). The summed E-state index contributed by atoms with van der Waals surface area (Å²) < 4.78 is 11.1. The van der Waals surface area contributed by atoms with Gasteiger partial charge >= 0.3 is 0 Å². The van der Waals surface area contributed by atoms with Gasteiger partial charge in [-0.2, -0.15) is 0 Å². The van der Waals surface area contributed by atoms with E-state index in [0.29, 0.717) is 13.2 Å². The number of hydrogen-bond acceptors (Lipinski definition) is 5. The van der Waals surface area contributed by atoms with Gasteiger partial charge in [0.2, 0.25) is 0 Å². The Morgan fingerprint density at radius 3 is 3.11 bits per heavy atom. The third kappa shape index (κ3) is 3.92. The Bertz CT molecular complexity index is 378. The summed E-state index contributed by atoms with van der Waals surface area (Å²) in [6.07, 6.45) is 2.49. The summed E-state index contributed by atoms with van der Waals surface area (Å²) in [4.78, 5) is 8.76. The van der Waals surface area contributed by atoms with Crippen LogP contribution in [0.3, 0.4) is 0 Å². The van der Waals surface area contributed by atoms with Crippen LogP contribution in [0.2, 0.25) is 0 Å². The van der Waals surface area contributed by atoms with Crippen LogP contribution in [0, 0.1) is 6.92 Å². The van der Waals surface area contributed by atoms with Crippen LogP contribution in [0.1, 0.15) is 31.3 Å². The van der Waals surface area contributed by atoms with Crippen molar-refractivity contribution in [3.8, 4) is 0 Å². The monoisotopic (exact) mass is 251 g/mol. The van der Waals surface area contributed by atoms with E-state index in [-0.39, 0.29) is 6.10 Å². The minimum atomic E-state index is 0.253. The molecule has 1 atom stereocenters. The third-order valence-electron chi connectivity index (χ3n) is 2.82. The van der Waals surface area contributed by atoms with Crippen LogP contribution in [0.25, 0.3) is 0 Å². The molecule has 2 heterocycles. The van der Waals surface area contributed by atoms with E-state index >= 15 is 0 Å². The largest absolute Gasteiger partial charge is 0.376 e. The van der Waals surface area contributed by atoms with Gasteiger partial charge in [0.15, 0.2) is 5.82 Å². The Hall–Kier alpha value is -1.20. The number of nitrogens with zero attached hydrogens (tertiary/aromatic N) is 2. The van der Waals surface area contributed by atoms with E-state index in [9.17, 15) is 0 Å². The molecule has 0 bridgehead atoms. The first-order chi connectivity index (χ1) is 8.78. The van der Waals surface area contributed by atoms with Gasteiger partial charge in [0.1, 0.15) is 12.4 Å². The normalized spacial score (nSPS) is 19.1. The lowest BCUT2D eigenvalue weighted by atomic mass is 10.2. The maximum absolute atomic E-state index is 5.61. The average molecular weight is 251 g/mol. The van der Waals surface area contributed by atoms with E-state index in [0.717, 1.165) is 43.3 Å². The van der Waals surface area contributed by atoms with Gasteiger partial charge < -0.3 is 14.8 Å². The van der Waals surface area contributed by atoms with Crippen LogP contribution in [0.4, 0.5) is 5.82 Å². The van der Waals surface area contributed by atoms with E-state index < -0.39 is 0 Å². The van der Waals surface area contributed by atoms with Crippen LogP contribution in [0.15, 0.2) is 6.07 Å². The lowest BCUT2D eigenvalue weighted by Gasteiger charge is -2.10. The van der Waals surface area contributed by atoms with E-state index in [4.69, 9.17) is 9.47 Å². The highest BCUT2D eigenvalue weighted by Gasteiger charge is 2.15. The van der Waals surface area contributed by atoms with E-state index in [1.807, 2.05) is 19.9 Å². The highest BCUT2D eigenvalue weighted by molar-refractivity contribution is 5.35. The van der Waals surface area contributed by atoms with Crippen molar-refractivity contribution in [1.82, 2.24) is 9.97 Å². The molecule has 2 rings (SSSR count). The molecule has 1 saturated heterocycles. The van der Waals surface area contributed by atoms with E-state index in [2.05, 4.69) is 15.3 Å². The molecule has 0 aromatic carbocycles. The molecular weight excluding hydrogens is 230 g/mol. The zero-order chi connectivity index (χ0) is 12.8. The first-order valence-corrected chi connectivity index (χ1v) is 6.55. The predicted molar refractivity (Wildman–Crippen MR) is 69.6 cm³/mol. The second-order valence-corrected chi connectivity index (χ2v) is 4.49. The fourth-order valence-corrected chi connectivity index (χ4v) is 2.02. The molecule has 5 heteroatoms. The van der Waals surface area contributed by atoms with Gasteiger partial charge in [-0.15, -0.1) is 0 Å². The van der Waals surface area contributed by atoms with Gasteiger partial charge in [-0.05, 0) is 26.7 Å². The summed E-state index contributed by atoms with van der Waals surface area (Å²) in [5.41, 5.74) is 0.955. The summed E-state index contributed by atoms with van der Waals surface area (Å²) in [5.74, 6) is 1.59. The van der Waals surface area contributed by atoms with Gasteiger partial charge in [-0.25, -0.2) is 9.97 Å². The lowest BCUT2D eigenvalue weighted by Crippen LogP contribution is -2.15. The van der Waals surface area contributed by atoms with E-state index in [1.165, 1.54) is 0 Å². The Morgan fingerprint density at radius 2 is 2.39 bits per heavy atom. The number of aryl methyl sites for hydroxylation is 1. The summed E-state index contributed by atoms with van der Waals surface area (Å²) in [5, 5.41) is 3.19. The first kappa shape index (κ1) is 13.2. The minimum absolute atomic E-state index is 0.253. The Balaban J connectivity index is 1.83. The van der Waals surface area contributed by atoms with Crippen LogP contribution >= 0.6 is 0 Å². The molecule has 1 aromatic rings. The van der Waals surface area contributed by atoms with Crippen LogP contribution in [0.5, 0.6) is 0 Å². The van der Waals surface area contributed by atoms with Crippen molar-refractivity contribution in [2.75, 3.05) is 25.1 Å². The number of ether oxygens (including phenoxy) is 2. The highest BCUT2D eigenvalue weighted by atomic mass is 16.5. The first-order valence-electron chi connectivity index (χ1n) is 6.55. The molecule has 1 aliphatic heterocycles.